The third kappa shape index (κ3) is 2.90. The van der Waals surface area contributed by atoms with Gasteiger partial charge in [-0.25, -0.2) is 0 Å². The molecule has 1 heterocycles. The average molecular weight is 370 g/mol. The molecule has 0 bridgehead atoms. The Morgan fingerprint density at radius 2 is 1.60 bits per heavy atom. The monoisotopic (exact) mass is 370 g/mol. The molecule has 0 radical (unpaired) electrons. The van der Waals surface area contributed by atoms with E-state index in [-0.39, 0.29) is 11.3 Å². The lowest BCUT2D eigenvalue weighted by Gasteiger charge is -2.35. The number of aromatic hydroxyl groups is 4. The van der Waals surface area contributed by atoms with E-state index in [1.54, 1.807) is 0 Å². The molecule has 6 N–H and O–H groups in total. The number of rotatable bonds is 2. The summed E-state index contributed by atoms with van der Waals surface area (Å²) in [7, 11) is -4.87. The van der Waals surface area contributed by atoms with E-state index >= 15 is 0 Å². The molecule has 0 aliphatic carbocycles. The summed E-state index contributed by atoms with van der Waals surface area (Å²) >= 11 is 0. The lowest BCUT2D eigenvalue weighted by atomic mass is 9.93. The third-order valence-electron chi connectivity index (χ3n) is 3.91. The average Bonchev–Trinajstić information content (AvgIpc) is 2.49. The van der Waals surface area contributed by atoms with Crippen molar-refractivity contribution in [3.8, 4) is 28.7 Å². The maximum Gasteiger partial charge on any atom is 0.275 e. The van der Waals surface area contributed by atoms with Gasteiger partial charge in [-0.3, -0.25) is 4.55 Å². The molecule has 0 amide bonds. The van der Waals surface area contributed by atoms with Crippen molar-refractivity contribution in [2.24, 2.45) is 0 Å². The van der Waals surface area contributed by atoms with Gasteiger partial charge in [0.05, 0.1) is 5.56 Å². The van der Waals surface area contributed by atoms with Gasteiger partial charge in [-0.2, -0.15) is 8.42 Å². The van der Waals surface area contributed by atoms with E-state index in [1.807, 2.05) is 0 Å². The fourth-order valence-electron chi connectivity index (χ4n) is 2.83. The maximum absolute atomic E-state index is 11.8. The van der Waals surface area contributed by atoms with Gasteiger partial charge in [0.15, 0.2) is 17.6 Å². The highest BCUT2D eigenvalue weighted by Crippen LogP contribution is 2.50. The summed E-state index contributed by atoms with van der Waals surface area (Å²) in [6.07, 6.45) is -3.21. The summed E-state index contributed by atoms with van der Waals surface area (Å²) in [5.41, 5.74) is -0.294. The second kappa shape index (κ2) is 5.69. The molecular formula is C15H14O9S. The Labute approximate surface area is 141 Å². The Balaban J connectivity index is 2.20. The van der Waals surface area contributed by atoms with Gasteiger partial charge < -0.3 is 30.3 Å². The number of phenolic OH excluding ortho intramolecular Hbond substituents is 4. The topological polar surface area (TPSA) is 165 Å². The van der Waals surface area contributed by atoms with Gasteiger partial charge >= 0.3 is 0 Å². The van der Waals surface area contributed by atoms with Gasteiger partial charge in [0.25, 0.3) is 10.1 Å². The fourth-order valence-corrected chi connectivity index (χ4v) is 3.85. The zero-order valence-corrected chi connectivity index (χ0v) is 13.3. The minimum absolute atomic E-state index is 0.102. The zero-order valence-electron chi connectivity index (χ0n) is 12.4. The second-order valence-electron chi connectivity index (χ2n) is 5.59. The molecule has 10 heteroatoms. The van der Waals surface area contributed by atoms with E-state index in [9.17, 15) is 38.5 Å². The van der Waals surface area contributed by atoms with Crippen molar-refractivity contribution < 1.29 is 43.2 Å². The number of benzene rings is 2. The van der Waals surface area contributed by atoms with Gasteiger partial charge in [0, 0.05) is 12.1 Å². The fraction of sp³-hybridized carbons (Fsp3) is 0.200. The van der Waals surface area contributed by atoms with Crippen LogP contribution in [0.3, 0.4) is 0 Å². The van der Waals surface area contributed by atoms with E-state index in [4.69, 9.17) is 4.74 Å². The molecule has 9 nitrogen and oxygen atoms in total. The van der Waals surface area contributed by atoms with Crippen molar-refractivity contribution in [2.45, 2.75) is 17.5 Å². The molecular weight excluding hydrogens is 356 g/mol. The van der Waals surface area contributed by atoms with Crippen LogP contribution in [0, 0.1) is 0 Å². The number of phenols is 4. The van der Waals surface area contributed by atoms with Gasteiger partial charge in [-0.15, -0.1) is 0 Å². The highest BCUT2D eigenvalue weighted by molar-refractivity contribution is 7.86. The molecule has 0 unspecified atom stereocenters. The molecule has 0 saturated heterocycles. The number of aliphatic hydroxyl groups excluding tert-OH is 1. The highest BCUT2D eigenvalue weighted by atomic mass is 32.2. The van der Waals surface area contributed by atoms with Crippen molar-refractivity contribution in [3.63, 3.8) is 0 Å². The molecule has 2 aromatic rings. The molecule has 1 aliphatic rings. The number of ether oxygens (including phenoxy) is 1. The van der Waals surface area contributed by atoms with Crippen LogP contribution in [0.4, 0.5) is 0 Å². The van der Waals surface area contributed by atoms with Gasteiger partial charge in [0.2, 0.25) is 0 Å². The number of hydrogen-bond donors (Lipinski definition) is 6. The van der Waals surface area contributed by atoms with Crippen LogP contribution in [0.1, 0.15) is 22.5 Å². The summed E-state index contributed by atoms with van der Waals surface area (Å²) in [6.45, 7) is 0. The molecule has 0 saturated carbocycles. The van der Waals surface area contributed by atoms with Crippen molar-refractivity contribution in [2.75, 3.05) is 0 Å². The highest BCUT2D eigenvalue weighted by Gasteiger charge is 2.46. The molecule has 3 rings (SSSR count). The van der Waals surface area contributed by atoms with E-state index in [0.717, 1.165) is 24.3 Å². The van der Waals surface area contributed by atoms with Crippen LogP contribution in [-0.2, 0) is 10.1 Å². The first kappa shape index (κ1) is 17.1. The number of fused-ring (bicyclic) bond motifs is 1. The molecule has 134 valence electrons. The van der Waals surface area contributed by atoms with Gasteiger partial charge in [-0.05, 0) is 17.7 Å². The Morgan fingerprint density at radius 1 is 0.920 bits per heavy atom. The maximum atomic E-state index is 11.8. The van der Waals surface area contributed by atoms with E-state index in [1.165, 1.54) is 6.07 Å². The van der Waals surface area contributed by atoms with Crippen LogP contribution in [0.15, 0.2) is 30.3 Å². The van der Waals surface area contributed by atoms with E-state index in [2.05, 4.69) is 0 Å². The minimum Gasteiger partial charge on any atom is -0.508 e. The van der Waals surface area contributed by atoms with Crippen LogP contribution in [0.25, 0.3) is 0 Å². The minimum atomic E-state index is -4.87. The first-order valence-electron chi connectivity index (χ1n) is 6.98. The Bertz CT molecular complexity index is 938. The first-order chi connectivity index (χ1) is 11.6. The van der Waals surface area contributed by atoms with Crippen LogP contribution >= 0.6 is 0 Å². The molecule has 0 aromatic heterocycles. The lowest BCUT2D eigenvalue weighted by Crippen LogP contribution is -2.38. The van der Waals surface area contributed by atoms with Gasteiger partial charge in [-0.1, -0.05) is 6.07 Å². The van der Waals surface area contributed by atoms with E-state index in [0.29, 0.717) is 0 Å². The molecule has 2 aromatic carbocycles. The van der Waals surface area contributed by atoms with Crippen molar-refractivity contribution in [1.82, 2.24) is 0 Å². The summed E-state index contributed by atoms with van der Waals surface area (Å²) in [5, 5.41) is 46.9. The van der Waals surface area contributed by atoms with Gasteiger partial charge in [0.1, 0.15) is 28.6 Å². The normalized spacial score (nSPS) is 22.9. The number of aliphatic hydroxyl groups is 1. The predicted octanol–water partition coefficient (Wildman–Crippen LogP) is 0.932. The largest absolute Gasteiger partial charge is 0.508 e. The van der Waals surface area contributed by atoms with E-state index < -0.39 is 56.1 Å². The molecule has 0 spiro atoms. The molecule has 25 heavy (non-hydrogen) atoms. The summed E-state index contributed by atoms with van der Waals surface area (Å²) in [4.78, 5) is 0. The summed E-state index contributed by atoms with van der Waals surface area (Å²) in [5.74, 6) is -2.32. The van der Waals surface area contributed by atoms with Crippen LogP contribution in [0.2, 0.25) is 0 Å². The molecule has 3 atom stereocenters. The van der Waals surface area contributed by atoms with Crippen LogP contribution in [0.5, 0.6) is 28.7 Å². The standard InChI is InChI=1S/C15H14O9S/c16-7-4-10(19)12-11(5-7)24-14(13(20)15(12)25(21,22)23)6-1-2-8(17)9(18)3-6/h1-5,13-20H,(H,21,22,23)/t13-,14+,15-/m0/s1. The second-order valence-corrected chi connectivity index (χ2v) is 7.13. The SMILES string of the molecule is O=S(=O)(O)[C@H]1c2c(O)cc(O)cc2O[C@H](c2ccc(O)c(O)c2)[C@@H]1O. The molecule has 1 aliphatic heterocycles. The Kier molecular flexibility index (Phi) is 3.90. The Morgan fingerprint density at radius 3 is 2.20 bits per heavy atom. The third-order valence-corrected chi connectivity index (χ3v) is 5.07. The molecule has 0 fully saturated rings. The summed E-state index contributed by atoms with van der Waals surface area (Å²) < 4.78 is 38.5. The van der Waals surface area contributed by atoms with Crippen molar-refractivity contribution >= 4 is 10.1 Å². The van der Waals surface area contributed by atoms with Crippen molar-refractivity contribution in [3.05, 3.63) is 41.5 Å². The predicted molar refractivity (Wildman–Crippen MR) is 83.2 cm³/mol. The Hall–Kier alpha value is -2.69. The smallest absolute Gasteiger partial charge is 0.275 e. The van der Waals surface area contributed by atoms with Crippen LogP contribution in [-0.4, -0.2) is 44.6 Å². The lowest BCUT2D eigenvalue weighted by molar-refractivity contribution is 0.0140. The zero-order chi connectivity index (χ0) is 18.5. The number of hydrogen-bond acceptors (Lipinski definition) is 8. The first-order valence-corrected chi connectivity index (χ1v) is 8.48. The van der Waals surface area contributed by atoms with Crippen LogP contribution < -0.4 is 4.74 Å². The summed E-state index contributed by atoms with van der Waals surface area (Å²) in [6, 6.07) is 5.31. The quantitative estimate of drug-likeness (QED) is 0.333. The van der Waals surface area contributed by atoms with Crippen molar-refractivity contribution in [1.29, 1.82) is 0 Å².